The van der Waals surface area contributed by atoms with Gasteiger partial charge in [-0.05, 0) is 82.2 Å². The third-order valence-corrected chi connectivity index (χ3v) is 6.21. The van der Waals surface area contributed by atoms with E-state index in [9.17, 15) is 24.3 Å². The third-order valence-electron chi connectivity index (χ3n) is 6.21. The minimum absolute atomic E-state index is 0.189. The van der Waals surface area contributed by atoms with Gasteiger partial charge in [0.1, 0.15) is 11.6 Å². The van der Waals surface area contributed by atoms with Crippen LogP contribution in [0.3, 0.4) is 0 Å². The number of nitrogens with two attached hydrogens (primary N) is 1. The molecule has 1 saturated carbocycles. The smallest absolute Gasteiger partial charge is 0.407 e. The molecule has 0 bridgehead atoms. The van der Waals surface area contributed by atoms with Crippen molar-refractivity contribution in [2.75, 3.05) is 12.3 Å². The van der Waals surface area contributed by atoms with Crippen LogP contribution in [0.15, 0.2) is 54.6 Å². The van der Waals surface area contributed by atoms with Gasteiger partial charge in [0, 0.05) is 24.6 Å². The number of nitrogens with one attached hydrogen (secondary N) is 2. The van der Waals surface area contributed by atoms with Crippen LogP contribution < -0.4 is 16.4 Å². The van der Waals surface area contributed by atoms with Crippen molar-refractivity contribution >= 4 is 29.6 Å². The lowest BCUT2D eigenvalue weighted by Crippen LogP contribution is -2.46. The fraction of sp³-hybridized carbons (Fsp3) is 0.448. The summed E-state index contributed by atoms with van der Waals surface area (Å²) < 4.78 is 5.23. The number of alkyl carbamates (subject to hydrolysis) is 1. The zero-order chi connectivity index (χ0) is 29.0. The van der Waals surface area contributed by atoms with E-state index in [1.54, 1.807) is 12.1 Å². The van der Waals surface area contributed by atoms with Gasteiger partial charge in [0.2, 0.25) is 5.91 Å². The van der Waals surface area contributed by atoms with Crippen molar-refractivity contribution in [2.24, 2.45) is 11.8 Å². The molecule has 0 saturated heterocycles. The van der Waals surface area contributed by atoms with Crippen molar-refractivity contribution in [3.63, 3.8) is 0 Å². The van der Waals surface area contributed by atoms with E-state index in [1.165, 1.54) is 12.1 Å². The average Bonchev–Trinajstić information content (AvgIpc) is 2.87. The molecule has 1 atom stereocenters. The highest BCUT2D eigenvalue weighted by Crippen LogP contribution is 2.28. The number of aliphatic carboxylic acids is 1. The van der Waals surface area contributed by atoms with Gasteiger partial charge in [-0.3, -0.25) is 4.79 Å². The first-order chi connectivity index (χ1) is 18.3. The van der Waals surface area contributed by atoms with Gasteiger partial charge < -0.3 is 31.3 Å². The summed E-state index contributed by atoms with van der Waals surface area (Å²) in [6.07, 6.45) is 2.82. The molecule has 39 heavy (non-hydrogen) atoms. The van der Waals surface area contributed by atoms with E-state index in [-0.39, 0.29) is 23.8 Å². The molecular formula is C29H39N3O7. The summed E-state index contributed by atoms with van der Waals surface area (Å²) in [7, 11) is 0. The van der Waals surface area contributed by atoms with Crippen LogP contribution in [0.25, 0.3) is 0 Å². The van der Waals surface area contributed by atoms with Crippen LogP contribution in [-0.2, 0) is 20.7 Å². The third kappa shape index (κ3) is 11.9. The zero-order valence-electron chi connectivity index (χ0n) is 22.7. The topological polar surface area (TPSA) is 168 Å². The molecule has 1 aliphatic rings. The molecule has 0 heterocycles. The number of hydrogen-bond donors (Lipinski definition) is 5. The summed E-state index contributed by atoms with van der Waals surface area (Å²) >= 11 is 0. The number of carboxylic acid groups (broad SMARTS) is 2. The normalized spacial score (nSPS) is 17.5. The lowest BCUT2D eigenvalue weighted by Gasteiger charge is -2.29. The number of aromatic carboxylic acids is 1. The molecule has 212 valence electrons. The average molecular weight is 542 g/mol. The van der Waals surface area contributed by atoms with Gasteiger partial charge in [0.05, 0.1) is 5.56 Å². The first-order valence-electron chi connectivity index (χ1n) is 13.0. The number of anilines is 1. The molecule has 0 aliphatic heterocycles. The second-order valence-electron chi connectivity index (χ2n) is 10.6. The Kier molecular flexibility index (Phi) is 11.8. The summed E-state index contributed by atoms with van der Waals surface area (Å²) in [6, 6.07) is 14.4. The predicted molar refractivity (Wildman–Crippen MR) is 147 cm³/mol. The van der Waals surface area contributed by atoms with E-state index in [0.29, 0.717) is 31.0 Å². The van der Waals surface area contributed by atoms with Gasteiger partial charge in [0.25, 0.3) is 0 Å². The summed E-state index contributed by atoms with van der Waals surface area (Å²) in [5.41, 5.74) is 6.51. The number of carbonyl (C=O) groups is 4. The Bertz CT molecular complexity index is 1090. The van der Waals surface area contributed by atoms with Crippen LogP contribution in [0.4, 0.5) is 10.5 Å². The lowest BCUT2D eigenvalue weighted by molar-refractivity contribution is -0.142. The molecule has 2 aromatic carbocycles. The molecule has 10 heteroatoms. The fourth-order valence-corrected chi connectivity index (χ4v) is 4.14. The molecular weight excluding hydrogens is 502 g/mol. The van der Waals surface area contributed by atoms with Crippen LogP contribution in [0.5, 0.6) is 0 Å². The molecule has 1 aliphatic carbocycles. The Hall–Kier alpha value is -4.08. The van der Waals surface area contributed by atoms with E-state index in [0.717, 1.165) is 18.4 Å². The number of amides is 2. The number of nitrogen functional groups attached to an aromatic ring is 1. The van der Waals surface area contributed by atoms with E-state index < -0.39 is 29.7 Å². The minimum Gasteiger partial charge on any atom is -0.480 e. The quantitative estimate of drug-likeness (QED) is 0.311. The molecule has 3 rings (SSSR count). The largest absolute Gasteiger partial charge is 0.480 e. The first-order valence-corrected chi connectivity index (χ1v) is 13.0. The molecule has 1 fully saturated rings. The Balaban J connectivity index is 0.000000446. The number of rotatable bonds is 8. The Morgan fingerprint density at radius 2 is 1.54 bits per heavy atom. The van der Waals surface area contributed by atoms with E-state index >= 15 is 0 Å². The van der Waals surface area contributed by atoms with Crippen LogP contribution in [0, 0.1) is 11.8 Å². The second-order valence-corrected chi connectivity index (χ2v) is 10.6. The lowest BCUT2D eigenvalue weighted by atomic mass is 9.81. The molecule has 2 amide bonds. The molecule has 0 spiro atoms. The van der Waals surface area contributed by atoms with E-state index in [1.807, 2.05) is 51.1 Å². The maximum Gasteiger partial charge on any atom is 0.407 e. The fourth-order valence-electron chi connectivity index (χ4n) is 4.14. The van der Waals surface area contributed by atoms with Crippen LogP contribution in [0.1, 0.15) is 62.4 Å². The highest BCUT2D eigenvalue weighted by atomic mass is 16.6. The summed E-state index contributed by atoms with van der Waals surface area (Å²) in [5.74, 6) is -2.05. The predicted octanol–water partition coefficient (Wildman–Crippen LogP) is 4.10. The van der Waals surface area contributed by atoms with Gasteiger partial charge in [0.15, 0.2) is 0 Å². The van der Waals surface area contributed by atoms with E-state index in [2.05, 4.69) is 10.6 Å². The molecule has 2 aromatic rings. The molecule has 0 unspecified atom stereocenters. The molecule has 0 radical (unpaired) electrons. The number of hydrogen-bond acceptors (Lipinski definition) is 6. The van der Waals surface area contributed by atoms with Crippen LogP contribution >= 0.6 is 0 Å². The van der Waals surface area contributed by atoms with Gasteiger partial charge in [-0.1, -0.05) is 30.3 Å². The molecule has 10 nitrogen and oxygen atoms in total. The molecule has 0 aromatic heterocycles. The second kappa shape index (κ2) is 14.8. The number of carbonyl (C=O) groups excluding carboxylic acids is 2. The Labute approximate surface area is 228 Å². The summed E-state index contributed by atoms with van der Waals surface area (Å²) in [6.45, 7) is 5.98. The van der Waals surface area contributed by atoms with Gasteiger partial charge in [-0.25, -0.2) is 14.4 Å². The standard InChI is InChI=1S/C22H32N2O5.C7H7NO2/c1-22(2,3)29-21(28)23-14-16-9-11-17(12-10-16)19(25)24-18(20(26)27)13-15-7-5-4-6-8-15;8-6-3-1-5(2-4-6)7(9)10/h4-8,16-18H,9-14H2,1-3H3,(H,23,28)(H,24,25)(H,26,27);1-4H,8H2,(H,9,10)/t16?,17?,18-;/m0./s1. The van der Waals surface area contributed by atoms with Gasteiger partial charge in [-0.15, -0.1) is 0 Å². The first kappa shape index (κ1) is 31.1. The summed E-state index contributed by atoms with van der Waals surface area (Å²) in [5, 5.41) is 23.4. The van der Waals surface area contributed by atoms with Crippen LogP contribution in [0.2, 0.25) is 0 Å². The van der Waals surface area contributed by atoms with Crippen molar-refractivity contribution in [3.8, 4) is 0 Å². The van der Waals surface area contributed by atoms with Crippen molar-refractivity contribution in [3.05, 3.63) is 65.7 Å². The minimum atomic E-state index is -1.03. The SMILES string of the molecule is CC(C)(C)OC(=O)NCC1CCC(C(=O)N[C@@H](Cc2ccccc2)C(=O)O)CC1.Nc1ccc(C(=O)O)cc1. The van der Waals surface area contributed by atoms with E-state index in [4.69, 9.17) is 15.6 Å². The van der Waals surface area contributed by atoms with Gasteiger partial charge in [-0.2, -0.15) is 0 Å². The number of carboxylic acids is 2. The van der Waals surface area contributed by atoms with Gasteiger partial charge >= 0.3 is 18.0 Å². The maximum atomic E-state index is 12.6. The number of ether oxygens (including phenoxy) is 1. The van der Waals surface area contributed by atoms with Crippen molar-refractivity contribution in [2.45, 2.75) is 64.5 Å². The molecule has 6 N–H and O–H groups in total. The highest BCUT2D eigenvalue weighted by Gasteiger charge is 2.30. The van der Waals surface area contributed by atoms with Crippen LogP contribution in [-0.4, -0.2) is 52.3 Å². The summed E-state index contributed by atoms with van der Waals surface area (Å²) in [4.78, 5) is 46.2. The van der Waals surface area contributed by atoms with Crippen molar-refractivity contribution < 1.29 is 34.1 Å². The monoisotopic (exact) mass is 541 g/mol. The van der Waals surface area contributed by atoms with Crippen molar-refractivity contribution in [1.82, 2.24) is 10.6 Å². The maximum absolute atomic E-state index is 12.6. The zero-order valence-corrected chi connectivity index (χ0v) is 22.7. The highest BCUT2D eigenvalue weighted by molar-refractivity contribution is 5.88. The Morgan fingerprint density at radius 3 is 2.05 bits per heavy atom. The number of benzene rings is 2. The van der Waals surface area contributed by atoms with Crippen molar-refractivity contribution in [1.29, 1.82) is 0 Å². The Morgan fingerprint density at radius 1 is 0.949 bits per heavy atom.